The Morgan fingerprint density at radius 3 is 2.32 bits per heavy atom. The van der Waals surface area contributed by atoms with Gasteiger partial charge >= 0.3 is 17.9 Å². The predicted molar refractivity (Wildman–Crippen MR) is 67.1 cm³/mol. The molecule has 0 saturated carbocycles. The number of hydrogen-bond acceptors (Lipinski definition) is 6. The van der Waals surface area contributed by atoms with E-state index in [-0.39, 0.29) is 38.1 Å². The summed E-state index contributed by atoms with van der Waals surface area (Å²) in [6, 6.07) is 0. The van der Waals surface area contributed by atoms with E-state index in [1.807, 2.05) is 6.92 Å². The normalized spacial score (nSPS) is 11.3. The highest BCUT2D eigenvalue weighted by Crippen LogP contribution is 2.02. The molecule has 1 unspecified atom stereocenters. The third kappa shape index (κ3) is 8.82. The minimum Gasteiger partial charge on any atom is -0.462 e. The molecule has 0 aromatic carbocycles. The van der Waals surface area contributed by atoms with E-state index in [1.54, 1.807) is 6.92 Å². The van der Waals surface area contributed by atoms with Crippen molar-refractivity contribution in [2.45, 2.75) is 26.7 Å². The van der Waals surface area contributed by atoms with Crippen molar-refractivity contribution in [2.75, 3.05) is 19.8 Å². The molecule has 19 heavy (non-hydrogen) atoms. The van der Waals surface area contributed by atoms with Gasteiger partial charge in [-0.25, -0.2) is 4.79 Å². The molecule has 0 heterocycles. The lowest BCUT2D eigenvalue weighted by Gasteiger charge is -2.09. The molecule has 0 rings (SSSR count). The second-order valence-corrected chi connectivity index (χ2v) is 3.82. The fraction of sp³-hybridized carbons (Fsp3) is 0.615. The fourth-order valence-corrected chi connectivity index (χ4v) is 0.973. The quantitative estimate of drug-likeness (QED) is 0.272. The van der Waals surface area contributed by atoms with Gasteiger partial charge in [-0.3, -0.25) is 9.59 Å². The molecule has 6 nitrogen and oxygen atoms in total. The van der Waals surface area contributed by atoms with Crippen molar-refractivity contribution < 1.29 is 28.6 Å². The highest BCUT2D eigenvalue weighted by atomic mass is 16.6. The molecule has 0 aliphatic rings. The summed E-state index contributed by atoms with van der Waals surface area (Å²) in [6.45, 7) is 6.84. The Kier molecular flexibility index (Phi) is 9.12. The molecule has 6 heteroatoms. The van der Waals surface area contributed by atoms with Gasteiger partial charge < -0.3 is 14.2 Å². The molecule has 0 aromatic heterocycles. The van der Waals surface area contributed by atoms with Crippen LogP contribution in [0.15, 0.2) is 12.7 Å². The second kappa shape index (κ2) is 10.1. The number of hydrogen-bond donors (Lipinski definition) is 0. The summed E-state index contributed by atoms with van der Waals surface area (Å²) < 4.78 is 14.3. The molecule has 108 valence electrons. The molecular formula is C13H20O6. The Morgan fingerprint density at radius 1 is 1.11 bits per heavy atom. The van der Waals surface area contributed by atoms with Crippen LogP contribution < -0.4 is 0 Å². The van der Waals surface area contributed by atoms with E-state index in [1.165, 1.54) is 0 Å². The predicted octanol–water partition coefficient (Wildman–Crippen LogP) is 1.24. The summed E-state index contributed by atoms with van der Waals surface area (Å²) in [6.07, 6.45) is 1.67. The number of rotatable bonds is 9. The average Bonchev–Trinajstić information content (AvgIpc) is 2.41. The van der Waals surface area contributed by atoms with Crippen LogP contribution >= 0.6 is 0 Å². The summed E-state index contributed by atoms with van der Waals surface area (Å²) in [5.41, 5.74) is 0. The largest absolute Gasteiger partial charge is 0.462 e. The molecule has 0 bridgehead atoms. The minimum absolute atomic E-state index is 0.00356. The molecule has 0 radical (unpaired) electrons. The summed E-state index contributed by atoms with van der Waals surface area (Å²) >= 11 is 0. The van der Waals surface area contributed by atoms with E-state index in [2.05, 4.69) is 11.3 Å². The molecule has 0 spiro atoms. The van der Waals surface area contributed by atoms with Gasteiger partial charge in [0, 0.05) is 6.08 Å². The Morgan fingerprint density at radius 2 is 1.74 bits per heavy atom. The van der Waals surface area contributed by atoms with Crippen LogP contribution in [0.5, 0.6) is 0 Å². The zero-order valence-corrected chi connectivity index (χ0v) is 11.3. The summed E-state index contributed by atoms with van der Waals surface area (Å²) in [5.74, 6) is -1.57. The van der Waals surface area contributed by atoms with E-state index in [0.717, 1.165) is 6.08 Å². The highest BCUT2D eigenvalue weighted by Gasteiger charge is 2.12. The van der Waals surface area contributed by atoms with E-state index < -0.39 is 11.9 Å². The maximum atomic E-state index is 11.3. The van der Waals surface area contributed by atoms with Gasteiger partial charge in [0.2, 0.25) is 0 Å². The maximum Gasteiger partial charge on any atom is 0.330 e. The van der Waals surface area contributed by atoms with Crippen molar-refractivity contribution in [1.82, 2.24) is 0 Å². The van der Waals surface area contributed by atoms with E-state index in [9.17, 15) is 14.4 Å². The van der Waals surface area contributed by atoms with Crippen molar-refractivity contribution >= 4 is 17.9 Å². The summed E-state index contributed by atoms with van der Waals surface area (Å²) in [5, 5.41) is 0. The number of ether oxygens (including phenoxy) is 3. The van der Waals surface area contributed by atoms with Gasteiger partial charge in [0.25, 0.3) is 0 Å². The Balaban J connectivity index is 3.56. The van der Waals surface area contributed by atoms with Crippen LogP contribution in [-0.2, 0) is 28.6 Å². The lowest BCUT2D eigenvalue weighted by atomic mass is 10.1. The highest BCUT2D eigenvalue weighted by molar-refractivity contribution is 5.81. The molecule has 0 aliphatic heterocycles. The Labute approximate surface area is 112 Å². The number of esters is 3. The van der Waals surface area contributed by atoms with Crippen molar-refractivity contribution in [3.05, 3.63) is 12.7 Å². The van der Waals surface area contributed by atoms with E-state index in [0.29, 0.717) is 6.42 Å². The van der Waals surface area contributed by atoms with Gasteiger partial charge in [-0.2, -0.15) is 0 Å². The first-order valence-corrected chi connectivity index (χ1v) is 6.12. The average molecular weight is 272 g/mol. The maximum absolute atomic E-state index is 11.3. The summed E-state index contributed by atoms with van der Waals surface area (Å²) in [4.78, 5) is 33.1. The van der Waals surface area contributed by atoms with Gasteiger partial charge in [-0.1, -0.05) is 20.4 Å². The smallest absolute Gasteiger partial charge is 0.330 e. The summed E-state index contributed by atoms with van der Waals surface area (Å²) in [7, 11) is 0. The van der Waals surface area contributed by atoms with Crippen molar-refractivity contribution in [3.8, 4) is 0 Å². The van der Waals surface area contributed by atoms with Gasteiger partial charge in [-0.05, 0) is 6.42 Å². The van der Waals surface area contributed by atoms with Gasteiger partial charge in [-0.15, -0.1) is 0 Å². The standard InChI is InChI=1S/C13H20O6/c1-4-10(3)13(16)19-9-8-18-12(15)6-7-17-11(14)5-2/h5,10H,2,4,6-9H2,1,3H3. The fourth-order valence-electron chi connectivity index (χ4n) is 0.973. The first-order valence-electron chi connectivity index (χ1n) is 6.12. The topological polar surface area (TPSA) is 78.9 Å². The molecule has 0 saturated heterocycles. The van der Waals surface area contributed by atoms with E-state index in [4.69, 9.17) is 9.47 Å². The number of carbonyl (C=O) groups is 3. The molecular weight excluding hydrogens is 252 g/mol. The third-order valence-electron chi connectivity index (χ3n) is 2.32. The molecule has 0 aliphatic carbocycles. The third-order valence-corrected chi connectivity index (χ3v) is 2.32. The zero-order chi connectivity index (χ0) is 14.7. The molecule has 0 aromatic rings. The Bertz CT molecular complexity index is 323. The molecule has 0 N–H and O–H groups in total. The zero-order valence-electron chi connectivity index (χ0n) is 11.3. The van der Waals surface area contributed by atoms with Gasteiger partial charge in [0.15, 0.2) is 0 Å². The van der Waals surface area contributed by atoms with Crippen molar-refractivity contribution in [3.63, 3.8) is 0 Å². The van der Waals surface area contributed by atoms with Crippen LogP contribution in [-0.4, -0.2) is 37.7 Å². The molecule has 1 atom stereocenters. The van der Waals surface area contributed by atoms with Crippen LogP contribution in [0.25, 0.3) is 0 Å². The first kappa shape index (κ1) is 17.2. The monoisotopic (exact) mass is 272 g/mol. The van der Waals surface area contributed by atoms with Crippen molar-refractivity contribution in [1.29, 1.82) is 0 Å². The van der Waals surface area contributed by atoms with Gasteiger partial charge in [0.05, 0.1) is 12.3 Å². The van der Waals surface area contributed by atoms with Crippen LogP contribution in [0.1, 0.15) is 26.7 Å². The minimum atomic E-state index is -0.588. The Hall–Kier alpha value is -1.85. The van der Waals surface area contributed by atoms with Gasteiger partial charge in [0.1, 0.15) is 19.8 Å². The second-order valence-electron chi connectivity index (χ2n) is 3.82. The lowest BCUT2D eigenvalue weighted by molar-refractivity contribution is -0.156. The van der Waals surface area contributed by atoms with E-state index >= 15 is 0 Å². The lowest BCUT2D eigenvalue weighted by Crippen LogP contribution is -2.19. The van der Waals surface area contributed by atoms with Crippen molar-refractivity contribution in [2.24, 2.45) is 5.92 Å². The first-order chi connectivity index (χ1) is 9.01. The van der Waals surface area contributed by atoms with Crippen LogP contribution in [0, 0.1) is 5.92 Å². The number of carbonyl (C=O) groups excluding carboxylic acids is 3. The molecule has 0 fully saturated rings. The molecule has 0 amide bonds. The SMILES string of the molecule is C=CC(=O)OCCC(=O)OCCOC(=O)C(C)CC. The van der Waals surface area contributed by atoms with Crippen LogP contribution in [0.4, 0.5) is 0 Å². The van der Waals surface area contributed by atoms with Crippen LogP contribution in [0.3, 0.4) is 0 Å². The van der Waals surface area contributed by atoms with Crippen LogP contribution in [0.2, 0.25) is 0 Å².